The zero-order valence-corrected chi connectivity index (χ0v) is 14.8. The van der Waals surface area contributed by atoms with Crippen molar-refractivity contribution in [2.24, 2.45) is 0 Å². The second-order valence-electron chi connectivity index (χ2n) is 5.97. The number of amides is 1. The highest BCUT2D eigenvalue weighted by atomic mass is 32.1. The van der Waals surface area contributed by atoms with Crippen LogP contribution in [0.4, 0.5) is 0 Å². The molecule has 0 saturated carbocycles. The minimum Gasteiger partial charge on any atom is -0.464 e. The lowest BCUT2D eigenvalue weighted by Crippen LogP contribution is -2.23. The van der Waals surface area contributed by atoms with Crippen LogP contribution in [-0.4, -0.2) is 32.6 Å². The number of nitrogens with zero attached hydrogens (tertiary/aromatic N) is 3. The third-order valence-corrected chi connectivity index (χ3v) is 4.87. The summed E-state index contributed by atoms with van der Waals surface area (Å²) in [6.07, 6.45) is 0. The minimum absolute atomic E-state index is 0.0199. The first-order valence-corrected chi connectivity index (χ1v) is 8.78. The third kappa shape index (κ3) is 2.86. The molecule has 1 aliphatic rings. The summed E-state index contributed by atoms with van der Waals surface area (Å²) in [5, 5.41) is 0. The average Bonchev–Trinajstić information content (AvgIpc) is 3.27. The summed E-state index contributed by atoms with van der Waals surface area (Å²) in [5.74, 6) is -0.556. The molecular formula is C19H15N3O3S. The number of aromatic nitrogens is 2. The molecule has 0 radical (unpaired) electrons. The molecule has 7 heteroatoms. The Bertz CT molecular complexity index is 985. The Labute approximate surface area is 154 Å². The van der Waals surface area contributed by atoms with E-state index in [9.17, 15) is 9.59 Å². The van der Waals surface area contributed by atoms with Gasteiger partial charge in [0.1, 0.15) is 5.69 Å². The van der Waals surface area contributed by atoms with E-state index in [1.807, 2.05) is 47.4 Å². The predicted octanol–water partition coefficient (Wildman–Crippen LogP) is 3.15. The Hall–Kier alpha value is -3.06. The number of hydrogen-bond acceptors (Lipinski definition) is 6. The van der Waals surface area contributed by atoms with Crippen LogP contribution < -0.4 is 0 Å². The van der Waals surface area contributed by atoms with E-state index in [1.54, 1.807) is 6.07 Å². The molecule has 0 N–H and O–H groups in total. The average molecular weight is 365 g/mol. The molecule has 1 aliphatic heterocycles. The van der Waals surface area contributed by atoms with Crippen LogP contribution in [0.15, 0.2) is 48.5 Å². The molecule has 0 spiro atoms. The summed E-state index contributed by atoms with van der Waals surface area (Å²) in [4.78, 5) is 26.4. The fourth-order valence-electron chi connectivity index (χ4n) is 3.05. The van der Waals surface area contributed by atoms with Gasteiger partial charge in [-0.3, -0.25) is 4.79 Å². The highest BCUT2D eigenvalue weighted by Crippen LogP contribution is 2.30. The van der Waals surface area contributed by atoms with Crippen LogP contribution in [0.3, 0.4) is 0 Å². The Morgan fingerprint density at radius 1 is 1.19 bits per heavy atom. The zero-order valence-electron chi connectivity index (χ0n) is 14.0. The Balaban J connectivity index is 1.63. The monoisotopic (exact) mass is 365 g/mol. The van der Waals surface area contributed by atoms with Gasteiger partial charge in [0, 0.05) is 24.2 Å². The molecule has 1 aromatic heterocycles. The van der Waals surface area contributed by atoms with Crippen LogP contribution in [0, 0.1) is 0 Å². The van der Waals surface area contributed by atoms with E-state index in [0.717, 1.165) is 22.9 Å². The van der Waals surface area contributed by atoms with E-state index in [0.29, 0.717) is 29.9 Å². The molecule has 130 valence electrons. The molecule has 0 aliphatic carbocycles. The zero-order chi connectivity index (χ0) is 18.1. The van der Waals surface area contributed by atoms with Crippen molar-refractivity contribution in [2.75, 3.05) is 7.11 Å². The first-order chi connectivity index (χ1) is 12.7. The summed E-state index contributed by atoms with van der Waals surface area (Å²) in [7, 11) is 1.30. The van der Waals surface area contributed by atoms with Crippen LogP contribution in [0.5, 0.6) is 0 Å². The van der Waals surface area contributed by atoms with E-state index in [2.05, 4.69) is 8.75 Å². The number of benzene rings is 2. The van der Waals surface area contributed by atoms with Gasteiger partial charge in [0.2, 0.25) is 0 Å². The molecule has 1 amide bonds. The molecule has 4 rings (SSSR count). The highest BCUT2D eigenvalue weighted by molar-refractivity contribution is 6.99. The number of carbonyl (C=O) groups is 2. The molecular weight excluding hydrogens is 350 g/mol. The summed E-state index contributed by atoms with van der Waals surface area (Å²) in [5.41, 5.74) is 4.00. The number of methoxy groups -OCH3 is 1. The lowest BCUT2D eigenvalue weighted by Gasteiger charge is -2.15. The van der Waals surface area contributed by atoms with Crippen molar-refractivity contribution in [3.8, 4) is 11.3 Å². The second-order valence-corrected chi connectivity index (χ2v) is 6.50. The Morgan fingerprint density at radius 2 is 2.00 bits per heavy atom. The number of esters is 1. The first-order valence-electron chi connectivity index (χ1n) is 8.04. The predicted molar refractivity (Wildman–Crippen MR) is 96.7 cm³/mol. The van der Waals surface area contributed by atoms with Crippen molar-refractivity contribution < 1.29 is 14.3 Å². The molecule has 0 fully saturated rings. The summed E-state index contributed by atoms with van der Waals surface area (Å²) in [6, 6.07) is 15.4. The molecule has 0 bridgehead atoms. The van der Waals surface area contributed by atoms with Gasteiger partial charge in [-0.05, 0) is 17.2 Å². The summed E-state index contributed by atoms with van der Waals surface area (Å²) < 4.78 is 12.9. The van der Waals surface area contributed by atoms with Crippen molar-refractivity contribution in [1.29, 1.82) is 0 Å². The molecule has 2 heterocycles. The molecule has 0 saturated heterocycles. The van der Waals surface area contributed by atoms with Crippen molar-refractivity contribution in [2.45, 2.75) is 13.1 Å². The van der Waals surface area contributed by atoms with Gasteiger partial charge >= 0.3 is 5.97 Å². The standard InChI is InChI=1S/C19H15N3O3S/c1-25-19(24)17-16(20-26-21-17)13-7-8-14-11-22(18(23)15(14)9-13)10-12-5-3-2-4-6-12/h2-9H,10-11H2,1H3. The Morgan fingerprint density at radius 3 is 2.77 bits per heavy atom. The van der Waals surface area contributed by atoms with Crippen molar-refractivity contribution in [3.05, 3.63) is 70.9 Å². The van der Waals surface area contributed by atoms with Crippen LogP contribution in [0.2, 0.25) is 0 Å². The SMILES string of the molecule is COC(=O)c1nsnc1-c1ccc2c(c1)C(=O)N(Cc1ccccc1)C2. The number of ether oxygens (including phenoxy) is 1. The van der Waals surface area contributed by atoms with Gasteiger partial charge < -0.3 is 9.64 Å². The van der Waals surface area contributed by atoms with Crippen molar-refractivity contribution in [3.63, 3.8) is 0 Å². The van der Waals surface area contributed by atoms with Gasteiger partial charge in [0.25, 0.3) is 5.91 Å². The van der Waals surface area contributed by atoms with Gasteiger partial charge in [0.15, 0.2) is 5.69 Å². The van der Waals surface area contributed by atoms with E-state index in [1.165, 1.54) is 7.11 Å². The fourth-order valence-corrected chi connectivity index (χ4v) is 3.61. The molecule has 26 heavy (non-hydrogen) atoms. The lowest BCUT2D eigenvalue weighted by atomic mass is 10.0. The number of carbonyl (C=O) groups excluding carboxylic acids is 2. The molecule has 0 atom stereocenters. The lowest BCUT2D eigenvalue weighted by molar-refractivity contribution is 0.0596. The molecule has 2 aromatic carbocycles. The van der Waals surface area contributed by atoms with Crippen molar-refractivity contribution >= 4 is 23.6 Å². The Kier molecular flexibility index (Phi) is 4.22. The topological polar surface area (TPSA) is 72.4 Å². The minimum atomic E-state index is -0.536. The van der Waals surface area contributed by atoms with E-state index < -0.39 is 5.97 Å². The van der Waals surface area contributed by atoms with Crippen LogP contribution in [-0.2, 0) is 17.8 Å². The summed E-state index contributed by atoms with van der Waals surface area (Å²) in [6.45, 7) is 1.14. The smallest absolute Gasteiger partial charge is 0.360 e. The largest absolute Gasteiger partial charge is 0.464 e. The van der Waals surface area contributed by atoms with Gasteiger partial charge in [-0.2, -0.15) is 8.75 Å². The molecule has 3 aromatic rings. The van der Waals surface area contributed by atoms with Crippen LogP contribution in [0.25, 0.3) is 11.3 Å². The second kappa shape index (κ2) is 6.68. The normalized spacial score (nSPS) is 13.0. The number of fused-ring (bicyclic) bond motifs is 1. The van der Waals surface area contributed by atoms with E-state index in [4.69, 9.17) is 4.74 Å². The maximum Gasteiger partial charge on any atom is 0.360 e. The quantitative estimate of drug-likeness (QED) is 0.664. The van der Waals surface area contributed by atoms with Gasteiger partial charge in [-0.1, -0.05) is 42.5 Å². The highest BCUT2D eigenvalue weighted by Gasteiger charge is 2.28. The van der Waals surface area contributed by atoms with Gasteiger partial charge in [-0.25, -0.2) is 4.79 Å². The maximum atomic E-state index is 12.8. The van der Waals surface area contributed by atoms with Gasteiger partial charge in [0.05, 0.1) is 18.8 Å². The molecule has 0 unspecified atom stereocenters. The number of rotatable bonds is 4. The summed E-state index contributed by atoms with van der Waals surface area (Å²) >= 11 is 0.945. The third-order valence-electron chi connectivity index (χ3n) is 4.35. The van der Waals surface area contributed by atoms with E-state index in [-0.39, 0.29) is 11.6 Å². The maximum absolute atomic E-state index is 12.8. The van der Waals surface area contributed by atoms with Crippen LogP contribution in [0.1, 0.15) is 32.0 Å². The van der Waals surface area contributed by atoms with E-state index >= 15 is 0 Å². The first kappa shape index (κ1) is 16.4. The fraction of sp³-hybridized carbons (Fsp3) is 0.158. The number of hydrogen-bond donors (Lipinski definition) is 0. The van der Waals surface area contributed by atoms with Gasteiger partial charge in [-0.15, -0.1) is 0 Å². The molecule has 6 nitrogen and oxygen atoms in total. The van der Waals surface area contributed by atoms with Crippen LogP contribution >= 0.6 is 11.7 Å². The van der Waals surface area contributed by atoms with Crippen molar-refractivity contribution in [1.82, 2.24) is 13.6 Å².